The van der Waals surface area contributed by atoms with Gasteiger partial charge in [0.1, 0.15) is 11.4 Å². The molecule has 0 fully saturated rings. The van der Waals surface area contributed by atoms with Gasteiger partial charge < -0.3 is 10.4 Å². The van der Waals surface area contributed by atoms with E-state index in [1.54, 1.807) is 6.20 Å². The zero-order valence-corrected chi connectivity index (χ0v) is 12.8. The maximum Gasteiger partial charge on any atom is 0.339 e. The number of aryl methyl sites for hydroxylation is 2. The lowest BCUT2D eigenvalue weighted by Gasteiger charge is -2.05. The van der Waals surface area contributed by atoms with Gasteiger partial charge in [-0.25, -0.2) is 14.8 Å². The van der Waals surface area contributed by atoms with Crippen LogP contribution in [0, 0.1) is 6.92 Å². The first-order chi connectivity index (χ1) is 9.01. The molecule has 0 atom stereocenters. The minimum absolute atomic E-state index is 0.111. The van der Waals surface area contributed by atoms with E-state index in [-0.39, 0.29) is 5.56 Å². The van der Waals surface area contributed by atoms with E-state index < -0.39 is 5.97 Å². The molecule has 0 spiro atoms. The fourth-order valence-electron chi connectivity index (χ4n) is 1.61. The molecule has 2 aromatic rings. The van der Waals surface area contributed by atoms with Crippen LogP contribution in [0.15, 0.2) is 16.7 Å². The van der Waals surface area contributed by atoms with Gasteiger partial charge in [-0.1, -0.05) is 6.92 Å². The number of rotatable bonds is 4. The van der Waals surface area contributed by atoms with E-state index in [1.807, 2.05) is 13.8 Å². The quantitative estimate of drug-likeness (QED) is 0.888. The zero-order valence-electron chi connectivity index (χ0n) is 10.4. The average molecular weight is 342 g/mol. The Labute approximate surface area is 122 Å². The van der Waals surface area contributed by atoms with Crippen molar-refractivity contribution in [2.24, 2.45) is 0 Å². The van der Waals surface area contributed by atoms with E-state index >= 15 is 0 Å². The van der Waals surface area contributed by atoms with Crippen molar-refractivity contribution in [3.05, 3.63) is 32.9 Å². The van der Waals surface area contributed by atoms with Crippen molar-refractivity contribution >= 4 is 44.2 Å². The lowest BCUT2D eigenvalue weighted by atomic mass is 10.2. The van der Waals surface area contributed by atoms with Crippen LogP contribution in [0.4, 0.5) is 10.9 Å². The predicted molar refractivity (Wildman–Crippen MR) is 78.4 cm³/mol. The fraction of sp³-hybridized carbons (Fsp3) is 0.250. The van der Waals surface area contributed by atoms with E-state index in [9.17, 15) is 4.79 Å². The minimum atomic E-state index is -1.03. The van der Waals surface area contributed by atoms with E-state index in [0.29, 0.717) is 15.4 Å². The first-order valence-electron chi connectivity index (χ1n) is 5.63. The molecule has 5 nitrogen and oxygen atoms in total. The maximum atomic E-state index is 11.2. The molecule has 100 valence electrons. The molecule has 2 heterocycles. The van der Waals surface area contributed by atoms with Gasteiger partial charge in [0.05, 0.1) is 5.69 Å². The lowest BCUT2D eigenvalue weighted by molar-refractivity contribution is 0.0697. The summed E-state index contributed by atoms with van der Waals surface area (Å²) in [5.74, 6) is -0.729. The number of nitrogens with zero attached hydrogens (tertiary/aromatic N) is 2. The highest BCUT2D eigenvalue weighted by molar-refractivity contribution is 9.10. The molecule has 2 rings (SSSR count). The van der Waals surface area contributed by atoms with Gasteiger partial charge in [0, 0.05) is 15.5 Å². The molecular formula is C12H12BrN3O2S. The third kappa shape index (κ3) is 3.10. The monoisotopic (exact) mass is 341 g/mol. The number of carbonyl (C=O) groups is 1. The first kappa shape index (κ1) is 14.0. The Hall–Kier alpha value is -1.47. The van der Waals surface area contributed by atoms with Gasteiger partial charge in [0.15, 0.2) is 5.13 Å². The number of anilines is 2. The second kappa shape index (κ2) is 5.66. The molecule has 0 aliphatic heterocycles. The van der Waals surface area contributed by atoms with Gasteiger partial charge in [0.2, 0.25) is 0 Å². The van der Waals surface area contributed by atoms with Gasteiger partial charge in [0.25, 0.3) is 0 Å². The number of nitrogens with one attached hydrogen (secondary N) is 1. The molecule has 7 heteroatoms. The largest absolute Gasteiger partial charge is 0.478 e. The predicted octanol–water partition coefficient (Wildman–Crippen LogP) is 3.61. The van der Waals surface area contributed by atoms with Crippen molar-refractivity contribution in [2.75, 3.05) is 5.32 Å². The van der Waals surface area contributed by atoms with E-state index in [4.69, 9.17) is 5.11 Å². The Balaban J connectivity index is 2.34. The summed E-state index contributed by atoms with van der Waals surface area (Å²) in [5.41, 5.74) is 1.13. The Kier molecular flexibility index (Phi) is 4.16. The van der Waals surface area contributed by atoms with Crippen LogP contribution in [0.25, 0.3) is 0 Å². The molecule has 0 amide bonds. The summed E-state index contributed by atoms with van der Waals surface area (Å²) in [7, 11) is 0. The summed E-state index contributed by atoms with van der Waals surface area (Å²) in [6.45, 7) is 4.03. The summed E-state index contributed by atoms with van der Waals surface area (Å²) in [6, 6.07) is 1.51. The molecule has 0 saturated carbocycles. The normalized spacial score (nSPS) is 10.5. The van der Waals surface area contributed by atoms with Crippen LogP contribution in [0.1, 0.15) is 27.9 Å². The van der Waals surface area contributed by atoms with Crippen LogP contribution in [0.5, 0.6) is 0 Å². The molecule has 0 saturated heterocycles. The summed E-state index contributed by atoms with van der Waals surface area (Å²) in [5, 5.41) is 12.8. The lowest BCUT2D eigenvalue weighted by Crippen LogP contribution is -2.04. The van der Waals surface area contributed by atoms with Gasteiger partial charge in [-0.15, -0.1) is 11.3 Å². The highest BCUT2D eigenvalue weighted by atomic mass is 79.9. The van der Waals surface area contributed by atoms with Crippen LogP contribution < -0.4 is 5.32 Å². The second-order valence-electron chi connectivity index (χ2n) is 3.86. The molecule has 0 aromatic carbocycles. The van der Waals surface area contributed by atoms with Gasteiger partial charge in [-0.2, -0.15) is 0 Å². The van der Waals surface area contributed by atoms with Crippen molar-refractivity contribution in [1.29, 1.82) is 0 Å². The molecule has 0 radical (unpaired) electrons. The molecule has 0 aliphatic rings. The Morgan fingerprint density at radius 2 is 2.32 bits per heavy atom. The van der Waals surface area contributed by atoms with Crippen LogP contribution in [-0.4, -0.2) is 21.0 Å². The number of hydrogen-bond donors (Lipinski definition) is 2. The Morgan fingerprint density at radius 3 is 2.89 bits per heavy atom. The number of aromatic carboxylic acids is 1. The zero-order chi connectivity index (χ0) is 14.0. The summed E-state index contributed by atoms with van der Waals surface area (Å²) in [6.07, 6.45) is 2.40. The topological polar surface area (TPSA) is 75.1 Å². The van der Waals surface area contributed by atoms with Crippen LogP contribution in [-0.2, 0) is 6.42 Å². The average Bonchev–Trinajstić information content (AvgIpc) is 2.71. The number of aromatic nitrogens is 2. The molecule has 2 N–H and O–H groups in total. The first-order valence-corrected chi connectivity index (χ1v) is 7.24. The fourth-order valence-corrected chi connectivity index (χ4v) is 2.85. The van der Waals surface area contributed by atoms with Crippen molar-refractivity contribution in [1.82, 2.24) is 9.97 Å². The van der Waals surface area contributed by atoms with Crippen molar-refractivity contribution < 1.29 is 9.90 Å². The van der Waals surface area contributed by atoms with Crippen LogP contribution in [0.3, 0.4) is 0 Å². The highest BCUT2D eigenvalue weighted by Gasteiger charge is 2.14. The molecular weight excluding hydrogens is 330 g/mol. The molecule has 0 aliphatic carbocycles. The number of carboxylic acids is 1. The summed E-state index contributed by atoms with van der Waals surface area (Å²) >= 11 is 4.70. The number of carboxylic acid groups (broad SMARTS) is 1. The van der Waals surface area contributed by atoms with Gasteiger partial charge in [-0.05, 0) is 35.3 Å². The van der Waals surface area contributed by atoms with Gasteiger partial charge in [-0.3, -0.25) is 0 Å². The van der Waals surface area contributed by atoms with Crippen LogP contribution in [0.2, 0.25) is 0 Å². The SMILES string of the molecule is CCc1nc(Nc2ncc(Br)cc2C(=O)O)sc1C. The Bertz CT molecular complexity index is 627. The van der Waals surface area contributed by atoms with Crippen molar-refractivity contribution in [2.45, 2.75) is 20.3 Å². The van der Waals surface area contributed by atoms with E-state index in [2.05, 4.69) is 31.2 Å². The minimum Gasteiger partial charge on any atom is -0.478 e. The molecule has 2 aromatic heterocycles. The van der Waals surface area contributed by atoms with Crippen molar-refractivity contribution in [3.63, 3.8) is 0 Å². The molecule has 19 heavy (non-hydrogen) atoms. The van der Waals surface area contributed by atoms with Crippen molar-refractivity contribution in [3.8, 4) is 0 Å². The van der Waals surface area contributed by atoms with Gasteiger partial charge >= 0.3 is 5.97 Å². The Morgan fingerprint density at radius 1 is 1.58 bits per heavy atom. The van der Waals surface area contributed by atoms with E-state index in [1.165, 1.54) is 17.4 Å². The van der Waals surface area contributed by atoms with E-state index in [0.717, 1.165) is 17.0 Å². The smallest absolute Gasteiger partial charge is 0.339 e. The number of thiazole rings is 1. The maximum absolute atomic E-state index is 11.2. The molecule has 0 unspecified atom stereocenters. The number of hydrogen-bond acceptors (Lipinski definition) is 5. The third-order valence-electron chi connectivity index (χ3n) is 2.54. The summed E-state index contributed by atoms with van der Waals surface area (Å²) < 4.78 is 0.625. The standard InChI is InChI=1S/C12H12BrN3O2S/c1-3-9-6(2)19-12(15-9)16-10-8(11(17)18)4-7(13)5-14-10/h4-5H,3H2,1-2H3,(H,17,18)(H,14,15,16). The second-order valence-corrected chi connectivity index (χ2v) is 5.97. The van der Waals surface area contributed by atoms with Crippen LogP contribution >= 0.6 is 27.3 Å². The third-order valence-corrected chi connectivity index (χ3v) is 3.90. The number of pyridine rings is 1. The molecule has 0 bridgehead atoms. The summed E-state index contributed by atoms with van der Waals surface area (Å²) in [4.78, 5) is 20.8. The number of halogens is 1. The highest BCUT2D eigenvalue weighted by Crippen LogP contribution is 2.27.